The summed E-state index contributed by atoms with van der Waals surface area (Å²) in [5.74, 6) is 0.320. The first-order chi connectivity index (χ1) is 13.9. The Bertz CT molecular complexity index is 907. The van der Waals surface area contributed by atoms with E-state index in [2.05, 4.69) is 0 Å². The predicted molar refractivity (Wildman–Crippen MR) is 106 cm³/mol. The fourth-order valence-corrected chi connectivity index (χ4v) is 4.89. The number of Topliss-reactive ketones (excluding diaryl/α,β-unsaturated/α-hetero) is 2. The lowest BCUT2D eigenvalue weighted by Gasteiger charge is -2.36. The van der Waals surface area contributed by atoms with Crippen LogP contribution < -0.4 is 0 Å². The van der Waals surface area contributed by atoms with Gasteiger partial charge in [-0.15, -0.1) is 0 Å². The number of hydrogen-bond donors (Lipinski definition) is 0. The van der Waals surface area contributed by atoms with Crippen LogP contribution in [0.2, 0.25) is 0 Å². The van der Waals surface area contributed by atoms with Gasteiger partial charge in [0.05, 0.1) is 18.7 Å². The summed E-state index contributed by atoms with van der Waals surface area (Å²) in [4.78, 5) is 37.4. The Balaban J connectivity index is 1.37. The number of ketones is 2. The normalized spacial score (nSPS) is 23.8. The minimum Gasteiger partial charge on any atom is -0.467 e. The Morgan fingerprint density at radius 1 is 1.21 bits per heavy atom. The van der Waals surface area contributed by atoms with E-state index in [4.69, 9.17) is 9.15 Å². The molecule has 2 atom stereocenters. The van der Waals surface area contributed by atoms with E-state index in [0.29, 0.717) is 30.7 Å². The molecule has 0 saturated heterocycles. The molecule has 0 aliphatic heterocycles. The Kier molecular flexibility index (Phi) is 5.43. The summed E-state index contributed by atoms with van der Waals surface area (Å²) in [5, 5.41) is 0. The number of carbonyl (C=O) groups excluding carboxylic acids is 3. The van der Waals surface area contributed by atoms with Crippen LogP contribution in [0, 0.1) is 31.6 Å². The summed E-state index contributed by atoms with van der Waals surface area (Å²) in [7, 11) is 0. The number of esters is 1. The van der Waals surface area contributed by atoms with Crippen LogP contribution in [0.4, 0.5) is 0 Å². The number of furan rings is 1. The van der Waals surface area contributed by atoms with Gasteiger partial charge in [0.15, 0.2) is 6.61 Å². The van der Waals surface area contributed by atoms with E-state index >= 15 is 0 Å². The third-order valence-electron chi connectivity index (χ3n) is 6.49. The second kappa shape index (κ2) is 8.01. The minimum absolute atomic E-state index is 0.00345. The van der Waals surface area contributed by atoms with Crippen LogP contribution in [-0.2, 0) is 20.9 Å². The summed E-state index contributed by atoms with van der Waals surface area (Å²) < 4.78 is 12.8. The van der Waals surface area contributed by atoms with Crippen molar-refractivity contribution in [2.75, 3.05) is 6.61 Å². The fraction of sp³-hybridized carbons (Fsp3) is 0.522. The summed E-state index contributed by atoms with van der Waals surface area (Å²) >= 11 is 0. The van der Waals surface area contributed by atoms with Gasteiger partial charge in [-0.25, -0.2) is 0 Å². The third-order valence-corrected chi connectivity index (χ3v) is 6.49. The van der Waals surface area contributed by atoms with Crippen molar-refractivity contribution in [1.29, 1.82) is 0 Å². The molecule has 2 heterocycles. The molecule has 2 aromatic heterocycles. The molecule has 0 radical (unpaired) electrons. The lowest BCUT2D eigenvalue weighted by molar-refractivity contribution is -0.152. The molecular weight excluding hydrogens is 370 g/mol. The zero-order valence-corrected chi connectivity index (χ0v) is 17.0. The van der Waals surface area contributed by atoms with E-state index in [1.807, 2.05) is 36.6 Å². The van der Waals surface area contributed by atoms with E-state index in [-0.39, 0.29) is 36.1 Å². The maximum Gasteiger partial charge on any atom is 0.309 e. The van der Waals surface area contributed by atoms with Gasteiger partial charge in [-0.2, -0.15) is 0 Å². The molecule has 154 valence electrons. The number of hydrogen-bond acceptors (Lipinski definition) is 5. The van der Waals surface area contributed by atoms with Crippen molar-refractivity contribution in [1.82, 2.24) is 4.57 Å². The van der Waals surface area contributed by atoms with Crippen LogP contribution in [0.15, 0.2) is 28.9 Å². The zero-order chi connectivity index (χ0) is 20.5. The van der Waals surface area contributed by atoms with Gasteiger partial charge in [0.25, 0.3) is 0 Å². The molecule has 2 bridgehead atoms. The van der Waals surface area contributed by atoms with Gasteiger partial charge in [0, 0.05) is 28.8 Å². The highest BCUT2D eigenvalue weighted by molar-refractivity contribution is 5.99. The second-order valence-electron chi connectivity index (χ2n) is 8.38. The molecule has 0 aromatic carbocycles. The van der Waals surface area contributed by atoms with Gasteiger partial charge in [0.1, 0.15) is 11.5 Å². The zero-order valence-electron chi connectivity index (χ0n) is 17.0. The smallest absolute Gasteiger partial charge is 0.309 e. The molecule has 0 N–H and O–H groups in total. The molecule has 2 unspecified atom stereocenters. The van der Waals surface area contributed by atoms with Crippen LogP contribution in [0.1, 0.15) is 59.6 Å². The number of rotatable bonds is 6. The molecule has 0 spiro atoms. The Morgan fingerprint density at radius 2 is 1.93 bits per heavy atom. The fourth-order valence-electron chi connectivity index (χ4n) is 4.89. The second-order valence-corrected chi connectivity index (χ2v) is 8.38. The van der Waals surface area contributed by atoms with Gasteiger partial charge in [-0.3, -0.25) is 14.4 Å². The highest BCUT2D eigenvalue weighted by Crippen LogP contribution is 2.40. The molecule has 4 rings (SSSR count). The predicted octanol–water partition coefficient (Wildman–Crippen LogP) is 3.87. The lowest BCUT2D eigenvalue weighted by Crippen LogP contribution is -2.39. The molecule has 29 heavy (non-hydrogen) atoms. The largest absolute Gasteiger partial charge is 0.467 e. The van der Waals surface area contributed by atoms with E-state index < -0.39 is 0 Å². The highest BCUT2D eigenvalue weighted by atomic mass is 16.5. The minimum atomic E-state index is -0.341. The van der Waals surface area contributed by atoms with E-state index in [9.17, 15) is 14.4 Å². The standard InChI is InChI=1S/C23H27NO5/c1-14-9-20(15(2)24(14)12-19-7-4-8-28-19)21(25)13-29-23(27)18-10-16-5-3-6-17(11-18)22(16)26/h4,7-9,16-18H,3,5-6,10-13H2,1-2H3. The van der Waals surface area contributed by atoms with E-state index in [0.717, 1.165) is 36.4 Å². The van der Waals surface area contributed by atoms with Crippen molar-refractivity contribution >= 4 is 17.5 Å². The van der Waals surface area contributed by atoms with Crippen molar-refractivity contribution in [3.63, 3.8) is 0 Å². The van der Waals surface area contributed by atoms with Gasteiger partial charge in [-0.05, 0) is 57.7 Å². The number of ether oxygens (including phenoxy) is 1. The number of aromatic nitrogens is 1. The van der Waals surface area contributed by atoms with Crippen LogP contribution in [0.5, 0.6) is 0 Å². The van der Waals surface area contributed by atoms with Gasteiger partial charge >= 0.3 is 5.97 Å². The Hall–Kier alpha value is -2.63. The van der Waals surface area contributed by atoms with Crippen molar-refractivity contribution < 1.29 is 23.5 Å². The number of aryl methyl sites for hydroxylation is 1. The van der Waals surface area contributed by atoms with E-state index in [1.54, 1.807) is 6.26 Å². The van der Waals surface area contributed by atoms with Gasteiger partial charge in [0.2, 0.25) is 5.78 Å². The Labute approximate surface area is 170 Å². The first-order valence-electron chi connectivity index (χ1n) is 10.4. The average Bonchev–Trinajstić information content (AvgIpc) is 3.29. The monoisotopic (exact) mass is 397 g/mol. The molecule has 2 aromatic rings. The van der Waals surface area contributed by atoms with Crippen molar-refractivity contribution in [3.05, 3.63) is 47.2 Å². The average molecular weight is 397 g/mol. The van der Waals surface area contributed by atoms with Crippen LogP contribution in [-0.4, -0.2) is 28.7 Å². The van der Waals surface area contributed by atoms with E-state index in [1.165, 1.54) is 0 Å². The maximum atomic E-state index is 12.7. The maximum absolute atomic E-state index is 12.7. The summed E-state index contributed by atoms with van der Waals surface area (Å²) in [6, 6.07) is 5.56. The molecule has 6 heteroatoms. The van der Waals surface area contributed by atoms with Gasteiger partial charge < -0.3 is 13.7 Å². The number of fused-ring (bicyclic) bond motifs is 2. The van der Waals surface area contributed by atoms with Crippen LogP contribution >= 0.6 is 0 Å². The Morgan fingerprint density at radius 3 is 2.59 bits per heavy atom. The SMILES string of the molecule is Cc1cc(C(=O)COC(=O)C2CC3CCCC(C2)C3=O)c(C)n1Cc1ccco1. The molecular formula is C23H27NO5. The summed E-state index contributed by atoms with van der Waals surface area (Å²) in [5.41, 5.74) is 2.35. The van der Waals surface area contributed by atoms with Gasteiger partial charge in [-0.1, -0.05) is 6.42 Å². The quantitative estimate of drug-likeness (QED) is 0.546. The first-order valence-corrected chi connectivity index (χ1v) is 10.4. The molecule has 0 amide bonds. The lowest BCUT2D eigenvalue weighted by atomic mass is 9.67. The topological polar surface area (TPSA) is 78.5 Å². The highest BCUT2D eigenvalue weighted by Gasteiger charge is 2.41. The molecule has 2 aliphatic carbocycles. The van der Waals surface area contributed by atoms with Crippen molar-refractivity contribution in [3.8, 4) is 0 Å². The summed E-state index contributed by atoms with van der Waals surface area (Å²) in [6.07, 6.45) is 5.58. The first kappa shape index (κ1) is 19.7. The van der Waals surface area contributed by atoms with Crippen molar-refractivity contribution in [2.45, 2.75) is 52.5 Å². The molecule has 2 fully saturated rings. The molecule has 6 nitrogen and oxygen atoms in total. The third kappa shape index (κ3) is 3.93. The molecule has 2 saturated carbocycles. The number of nitrogens with zero attached hydrogens (tertiary/aromatic N) is 1. The number of carbonyl (C=O) groups is 3. The van der Waals surface area contributed by atoms with Crippen LogP contribution in [0.3, 0.4) is 0 Å². The van der Waals surface area contributed by atoms with Crippen LogP contribution in [0.25, 0.3) is 0 Å². The summed E-state index contributed by atoms with van der Waals surface area (Å²) in [6.45, 7) is 4.12. The molecule has 2 aliphatic rings. The van der Waals surface area contributed by atoms with Crippen molar-refractivity contribution in [2.24, 2.45) is 17.8 Å².